The lowest BCUT2D eigenvalue weighted by molar-refractivity contribution is -0.137. The highest BCUT2D eigenvalue weighted by Gasteiger charge is 2.30. The van der Waals surface area contributed by atoms with Gasteiger partial charge in [0.15, 0.2) is 0 Å². The number of amides is 1. The summed E-state index contributed by atoms with van der Waals surface area (Å²) in [4.78, 5) is 22.8. The monoisotopic (exact) mass is 562 g/mol. The number of hydrogen-bond acceptors (Lipinski definition) is 6. The molecule has 1 saturated heterocycles. The third-order valence-corrected chi connectivity index (χ3v) is 6.74. The van der Waals surface area contributed by atoms with E-state index in [4.69, 9.17) is 9.47 Å². The maximum absolute atomic E-state index is 12.9. The van der Waals surface area contributed by atoms with Gasteiger partial charge in [-0.1, -0.05) is 24.3 Å². The van der Waals surface area contributed by atoms with Crippen LogP contribution >= 0.6 is 0 Å². The summed E-state index contributed by atoms with van der Waals surface area (Å²) >= 11 is 0. The van der Waals surface area contributed by atoms with Gasteiger partial charge in [0, 0.05) is 56.4 Å². The molecule has 41 heavy (non-hydrogen) atoms. The predicted molar refractivity (Wildman–Crippen MR) is 147 cm³/mol. The number of aromatic nitrogens is 2. The van der Waals surface area contributed by atoms with Crippen molar-refractivity contribution in [1.29, 1.82) is 0 Å². The van der Waals surface area contributed by atoms with E-state index in [-0.39, 0.29) is 17.8 Å². The van der Waals surface area contributed by atoms with Gasteiger partial charge in [-0.25, -0.2) is 4.98 Å². The number of likely N-dealkylation sites (tertiary alicyclic amines) is 1. The summed E-state index contributed by atoms with van der Waals surface area (Å²) in [6.07, 6.45) is 2.25. The molecule has 0 spiro atoms. The maximum Gasteiger partial charge on any atom is 0.416 e. The van der Waals surface area contributed by atoms with Gasteiger partial charge in [-0.3, -0.25) is 14.7 Å². The average molecular weight is 563 g/mol. The number of carbonyl (C=O) groups excluding carboxylic acids is 1. The summed E-state index contributed by atoms with van der Waals surface area (Å²) < 4.78 is 50.5. The van der Waals surface area contributed by atoms with E-state index in [1.54, 1.807) is 42.9 Å². The van der Waals surface area contributed by atoms with E-state index in [0.717, 1.165) is 55.7 Å². The summed E-state index contributed by atoms with van der Waals surface area (Å²) in [7, 11) is 0. The molecular formula is C31H29F3N4O3. The Morgan fingerprint density at radius 2 is 1.66 bits per heavy atom. The van der Waals surface area contributed by atoms with Crippen LogP contribution in [0.3, 0.4) is 0 Å². The molecule has 2 aromatic carbocycles. The zero-order valence-electron chi connectivity index (χ0n) is 22.2. The molecule has 4 aromatic rings. The van der Waals surface area contributed by atoms with Crippen molar-refractivity contribution in [2.75, 3.05) is 13.1 Å². The number of pyridine rings is 2. The Labute approximate surface area is 236 Å². The van der Waals surface area contributed by atoms with Crippen molar-refractivity contribution in [3.05, 3.63) is 114 Å². The van der Waals surface area contributed by atoms with Crippen LogP contribution in [0.25, 0.3) is 0 Å². The maximum atomic E-state index is 12.9. The third kappa shape index (κ3) is 8.04. The van der Waals surface area contributed by atoms with Crippen LogP contribution in [0, 0.1) is 0 Å². The number of rotatable bonds is 9. The lowest BCUT2D eigenvalue weighted by atomic mass is 10.1. The van der Waals surface area contributed by atoms with Gasteiger partial charge in [-0.05, 0) is 66.4 Å². The molecule has 1 amide bonds. The quantitative estimate of drug-likeness (QED) is 0.260. The van der Waals surface area contributed by atoms with Crippen molar-refractivity contribution in [1.82, 2.24) is 20.2 Å². The molecule has 0 unspecified atom stereocenters. The molecule has 0 bridgehead atoms. The minimum Gasteiger partial charge on any atom is -0.474 e. The van der Waals surface area contributed by atoms with Crippen molar-refractivity contribution < 1.29 is 27.4 Å². The molecule has 0 radical (unpaired) electrons. The molecule has 212 valence electrons. The zero-order valence-corrected chi connectivity index (χ0v) is 22.2. The number of ether oxygens (including phenoxy) is 2. The SMILES string of the molecule is O=C(NCc1ccc(OC2CCN(Cc3ccc(Oc4cccc(C(F)(F)F)c4)cc3)CC2)nc1)c1ccncc1. The van der Waals surface area contributed by atoms with Crippen LogP contribution in [0.1, 0.15) is 39.9 Å². The molecule has 1 N–H and O–H groups in total. The van der Waals surface area contributed by atoms with Crippen LogP contribution < -0.4 is 14.8 Å². The summed E-state index contributed by atoms with van der Waals surface area (Å²) in [5.41, 5.74) is 1.78. The van der Waals surface area contributed by atoms with Crippen LogP contribution in [-0.4, -0.2) is 40.0 Å². The van der Waals surface area contributed by atoms with Crippen LogP contribution in [0.4, 0.5) is 13.2 Å². The number of halogens is 3. The lowest BCUT2D eigenvalue weighted by Crippen LogP contribution is -2.37. The van der Waals surface area contributed by atoms with E-state index in [2.05, 4.69) is 20.2 Å². The van der Waals surface area contributed by atoms with Crippen LogP contribution in [0.15, 0.2) is 91.4 Å². The first-order valence-electron chi connectivity index (χ1n) is 13.3. The number of nitrogens with zero attached hydrogens (tertiary/aromatic N) is 3. The Bertz CT molecular complexity index is 1420. The Kier molecular flexibility index (Phi) is 8.79. The summed E-state index contributed by atoms with van der Waals surface area (Å²) in [6.45, 7) is 2.86. The molecule has 0 aliphatic carbocycles. The predicted octanol–water partition coefficient (Wildman–Crippen LogP) is 6.26. The fourth-order valence-corrected chi connectivity index (χ4v) is 4.52. The van der Waals surface area contributed by atoms with Crippen LogP contribution in [0.5, 0.6) is 17.4 Å². The molecule has 3 heterocycles. The van der Waals surface area contributed by atoms with Crippen molar-refractivity contribution in [3.63, 3.8) is 0 Å². The van der Waals surface area contributed by atoms with Gasteiger partial charge < -0.3 is 14.8 Å². The van der Waals surface area contributed by atoms with Crippen molar-refractivity contribution in [3.8, 4) is 17.4 Å². The Morgan fingerprint density at radius 1 is 0.927 bits per heavy atom. The van der Waals surface area contributed by atoms with Gasteiger partial charge in [0.05, 0.1) is 5.56 Å². The molecule has 1 fully saturated rings. The fourth-order valence-electron chi connectivity index (χ4n) is 4.52. The highest BCUT2D eigenvalue weighted by molar-refractivity contribution is 5.93. The second-order valence-corrected chi connectivity index (χ2v) is 9.79. The molecule has 10 heteroatoms. The Balaban J connectivity index is 1.04. The summed E-state index contributed by atoms with van der Waals surface area (Å²) in [5, 5.41) is 2.86. The van der Waals surface area contributed by atoms with Gasteiger partial charge in [-0.2, -0.15) is 13.2 Å². The van der Waals surface area contributed by atoms with E-state index in [1.165, 1.54) is 12.1 Å². The zero-order chi connectivity index (χ0) is 28.7. The first kappa shape index (κ1) is 28.1. The number of hydrogen-bond donors (Lipinski definition) is 1. The largest absolute Gasteiger partial charge is 0.474 e. The number of carbonyl (C=O) groups is 1. The van der Waals surface area contributed by atoms with E-state index in [9.17, 15) is 18.0 Å². The fraction of sp³-hybridized carbons (Fsp3) is 0.258. The minimum absolute atomic E-state index is 0.0687. The van der Waals surface area contributed by atoms with Gasteiger partial charge >= 0.3 is 6.18 Å². The molecule has 5 rings (SSSR count). The summed E-state index contributed by atoms with van der Waals surface area (Å²) in [6, 6.07) is 19.3. The standard InChI is InChI=1S/C31H29F3N4O3/c32-31(33,34)25-2-1-3-28(18-25)40-26-7-4-22(5-8-26)21-38-16-12-27(13-17-38)41-29-9-6-23(19-36-29)20-37-30(39)24-10-14-35-15-11-24/h1-11,14-15,18-19,27H,12-13,16-17,20-21H2,(H,37,39). The molecule has 2 aromatic heterocycles. The molecule has 0 atom stereocenters. The minimum atomic E-state index is -4.41. The van der Waals surface area contributed by atoms with Gasteiger partial charge in [0.1, 0.15) is 17.6 Å². The highest BCUT2D eigenvalue weighted by Crippen LogP contribution is 2.32. The van der Waals surface area contributed by atoms with Gasteiger partial charge in [-0.15, -0.1) is 0 Å². The molecule has 7 nitrogen and oxygen atoms in total. The molecule has 1 aliphatic heterocycles. The average Bonchev–Trinajstić information content (AvgIpc) is 2.99. The van der Waals surface area contributed by atoms with Crippen LogP contribution in [0.2, 0.25) is 0 Å². The normalized spacial score (nSPS) is 14.4. The number of alkyl halides is 3. The lowest BCUT2D eigenvalue weighted by Gasteiger charge is -2.31. The van der Waals surface area contributed by atoms with E-state index >= 15 is 0 Å². The van der Waals surface area contributed by atoms with Crippen molar-refractivity contribution in [2.24, 2.45) is 0 Å². The van der Waals surface area contributed by atoms with Gasteiger partial charge in [0.2, 0.25) is 5.88 Å². The van der Waals surface area contributed by atoms with E-state index in [0.29, 0.717) is 23.7 Å². The second-order valence-electron chi connectivity index (χ2n) is 9.79. The topological polar surface area (TPSA) is 76.6 Å². The van der Waals surface area contributed by atoms with E-state index in [1.807, 2.05) is 24.3 Å². The number of nitrogens with one attached hydrogen (secondary N) is 1. The van der Waals surface area contributed by atoms with Crippen molar-refractivity contribution in [2.45, 2.75) is 38.2 Å². The smallest absolute Gasteiger partial charge is 0.416 e. The second kappa shape index (κ2) is 12.8. The highest BCUT2D eigenvalue weighted by atomic mass is 19.4. The first-order chi connectivity index (χ1) is 19.8. The molecular weight excluding hydrogens is 533 g/mol. The Hall–Kier alpha value is -4.44. The van der Waals surface area contributed by atoms with E-state index < -0.39 is 11.7 Å². The number of benzene rings is 2. The van der Waals surface area contributed by atoms with Gasteiger partial charge in [0.25, 0.3) is 5.91 Å². The van der Waals surface area contributed by atoms with Crippen molar-refractivity contribution >= 4 is 5.91 Å². The first-order valence-corrected chi connectivity index (χ1v) is 13.3. The summed E-state index contributed by atoms with van der Waals surface area (Å²) in [5.74, 6) is 1.02. The third-order valence-electron chi connectivity index (χ3n) is 6.74. The van der Waals surface area contributed by atoms with Crippen LogP contribution in [-0.2, 0) is 19.3 Å². The number of piperidine rings is 1. The molecule has 1 aliphatic rings. The molecule has 0 saturated carbocycles. The Morgan fingerprint density at radius 3 is 2.34 bits per heavy atom.